The number of hydrogen-bond acceptors (Lipinski definition) is 3. The Labute approximate surface area is 193 Å². The molecule has 2 fully saturated rings. The molecule has 2 N–H and O–H groups in total. The summed E-state index contributed by atoms with van der Waals surface area (Å²) in [6, 6.07) is 13.8. The Balaban J connectivity index is 1.39. The number of rotatable bonds is 4. The van der Waals surface area contributed by atoms with Crippen molar-refractivity contribution in [3.63, 3.8) is 0 Å². The summed E-state index contributed by atoms with van der Waals surface area (Å²) in [6.07, 6.45) is 4.66. The second-order valence-electron chi connectivity index (χ2n) is 9.06. The van der Waals surface area contributed by atoms with Crippen molar-refractivity contribution in [3.05, 3.63) is 64.7 Å². The molecule has 1 aliphatic carbocycles. The molecule has 2 aromatic carbocycles. The van der Waals surface area contributed by atoms with Gasteiger partial charge in [-0.05, 0) is 55.2 Å². The highest BCUT2D eigenvalue weighted by molar-refractivity contribution is 5.97. The minimum absolute atomic E-state index is 0.170. The molecule has 0 aromatic heterocycles. The first-order valence-electron chi connectivity index (χ1n) is 11.5. The van der Waals surface area contributed by atoms with Crippen molar-refractivity contribution in [3.8, 4) is 6.07 Å². The lowest BCUT2D eigenvalue weighted by molar-refractivity contribution is 0.0421. The number of likely N-dealkylation sites (tertiary alicyclic amines) is 1. The summed E-state index contributed by atoms with van der Waals surface area (Å²) in [7, 11) is 0. The normalized spacial score (nSPS) is 17.9. The number of piperidine rings is 1. The number of nitrogens with zero attached hydrogens (tertiary/aromatic N) is 2. The number of nitrogens with one attached hydrogen (secondary N) is 2. The highest BCUT2D eigenvalue weighted by Gasteiger charge is 2.37. The third-order valence-corrected chi connectivity index (χ3v) is 6.80. The Hall–Kier alpha value is -3.40. The van der Waals surface area contributed by atoms with Crippen LogP contribution in [0, 0.1) is 18.3 Å². The molecule has 6 nitrogen and oxygen atoms in total. The number of hydrogen-bond donors (Lipinski definition) is 2. The molecule has 1 saturated heterocycles. The zero-order valence-electron chi connectivity index (χ0n) is 18.9. The number of aryl methyl sites for hydroxylation is 1. The minimum Gasteiger partial charge on any atom is -0.338 e. The van der Waals surface area contributed by atoms with Crippen molar-refractivity contribution in [2.75, 3.05) is 18.4 Å². The van der Waals surface area contributed by atoms with Crippen LogP contribution in [0.25, 0.3) is 0 Å². The van der Waals surface area contributed by atoms with Gasteiger partial charge in [0.2, 0.25) is 0 Å². The summed E-state index contributed by atoms with van der Waals surface area (Å²) < 4.78 is 15.5. The minimum atomic E-state index is -1.51. The molecule has 0 spiro atoms. The Morgan fingerprint density at radius 2 is 1.76 bits per heavy atom. The van der Waals surface area contributed by atoms with E-state index in [9.17, 15) is 9.59 Å². The topological polar surface area (TPSA) is 85.2 Å². The van der Waals surface area contributed by atoms with Crippen molar-refractivity contribution < 1.29 is 14.0 Å². The number of urea groups is 1. The van der Waals surface area contributed by atoms with E-state index >= 15 is 4.39 Å². The smallest absolute Gasteiger partial charge is 0.319 e. The molecular weight excluding hydrogens is 419 g/mol. The molecule has 33 heavy (non-hydrogen) atoms. The van der Waals surface area contributed by atoms with E-state index in [2.05, 4.69) is 10.6 Å². The predicted molar refractivity (Wildman–Crippen MR) is 125 cm³/mol. The number of alkyl halides is 1. The maximum absolute atomic E-state index is 15.5. The first kappa shape index (κ1) is 22.8. The molecule has 3 amide bonds. The lowest BCUT2D eigenvalue weighted by atomic mass is 9.85. The van der Waals surface area contributed by atoms with E-state index in [1.54, 1.807) is 41.3 Å². The van der Waals surface area contributed by atoms with Gasteiger partial charge in [-0.15, -0.1) is 0 Å². The van der Waals surface area contributed by atoms with Gasteiger partial charge in [0.1, 0.15) is 5.67 Å². The summed E-state index contributed by atoms with van der Waals surface area (Å²) in [5.74, 6) is -0.170. The standard InChI is InChI=1S/C26H29FN4O2/c1-18-6-9-20(16-23(18)30-25(33)29-22-4-2-3-5-22)24(32)31-14-12-26(27,13-15-31)21-10-7-19(17-28)8-11-21/h6-11,16,22H,2-5,12-15H2,1H3,(H2,29,30,33). The average Bonchev–Trinajstić information content (AvgIpc) is 3.33. The Kier molecular flexibility index (Phi) is 6.64. The molecule has 2 aliphatic rings. The Morgan fingerprint density at radius 1 is 1.09 bits per heavy atom. The van der Waals surface area contributed by atoms with Gasteiger partial charge >= 0.3 is 6.03 Å². The molecule has 0 radical (unpaired) electrons. The van der Waals surface area contributed by atoms with Crippen LogP contribution in [0.5, 0.6) is 0 Å². The van der Waals surface area contributed by atoms with E-state index < -0.39 is 5.67 Å². The summed E-state index contributed by atoms with van der Waals surface area (Å²) >= 11 is 0. The molecule has 0 bridgehead atoms. The zero-order valence-corrected chi connectivity index (χ0v) is 18.9. The third-order valence-electron chi connectivity index (χ3n) is 6.80. The zero-order chi connectivity index (χ0) is 23.4. The van der Waals surface area contributed by atoms with Crippen molar-refractivity contribution in [2.24, 2.45) is 0 Å². The van der Waals surface area contributed by atoms with Crippen LogP contribution >= 0.6 is 0 Å². The van der Waals surface area contributed by atoms with Crippen LogP contribution in [0.1, 0.15) is 65.6 Å². The highest BCUT2D eigenvalue weighted by atomic mass is 19.1. The molecule has 0 atom stereocenters. The van der Waals surface area contributed by atoms with Crippen molar-refractivity contribution in [1.29, 1.82) is 5.26 Å². The van der Waals surface area contributed by atoms with Crippen LogP contribution in [0.3, 0.4) is 0 Å². The molecule has 172 valence electrons. The van der Waals surface area contributed by atoms with E-state index in [0.29, 0.717) is 35.5 Å². The van der Waals surface area contributed by atoms with Crippen molar-refractivity contribution in [1.82, 2.24) is 10.2 Å². The number of halogens is 1. The number of amides is 3. The van der Waals surface area contributed by atoms with E-state index in [-0.39, 0.29) is 30.8 Å². The Morgan fingerprint density at radius 3 is 2.39 bits per heavy atom. The van der Waals surface area contributed by atoms with Gasteiger partial charge in [0, 0.05) is 43.2 Å². The SMILES string of the molecule is Cc1ccc(C(=O)N2CCC(F)(c3ccc(C#N)cc3)CC2)cc1NC(=O)NC1CCCC1. The fraction of sp³-hybridized carbons (Fsp3) is 0.423. The number of carbonyl (C=O) groups excluding carboxylic acids is 2. The first-order valence-corrected chi connectivity index (χ1v) is 11.5. The van der Waals surface area contributed by atoms with Crippen LogP contribution in [0.2, 0.25) is 0 Å². The summed E-state index contributed by atoms with van der Waals surface area (Å²) in [6.45, 7) is 2.48. The van der Waals surface area contributed by atoms with Gasteiger partial charge in [0.05, 0.1) is 11.6 Å². The van der Waals surface area contributed by atoms with Crippen LogP contribution in [0.4, 0.5) is 14.9 Å². The first-order chi connectivity index (χ1) is 15.9. The van der Waals surface area contributed by atoms with Gasteiger partial charge in [-0.1, -0.05) is 31.0 Å². The fourth-order valence-corrected chi connectivity index (χ4v) is 4.68. The lowest BCUT2D eigenvalue weighted by Gasteiger charge is -2.37. The summed E-state index contributed by atoms with van der Waals surface area (Å²) in [4.78, 5) is 27.1. The molecule has 1 saturated carbocycles. The van der Waals surface area contributed by atoms with Gasteiger partial charge < -0.3 is 15.5 Å². The number of benzene rings is 2. The van der Waals surface area contributed by atoms with Gasteiger partial charge in [0.25, 0.3) is 5.91 Å². The number of anilines is 1. The van der Waals surface area contributed by atoms with Crippen molar-refractivity contribution >= 4 is 17.6 Å². The summed E-state index contributed by atoms with van der Waals surface area (Å²) in [5.41, 5.74) is 1.48. The molecule has 7 heteroatoms. The fourth-order valence-electron chi connectivity index (χ4n) is 4.68. The van der Waals surface area contributed by atoms with Gasteiger partial charge in [-0.25, -0.2) is 9.18 Å². The molecular formula is C26H29FN4O2. The quantitative estimate of drug-likeness (QED) is 0.688. The predicted octanol–water partition coefficient (Wildman–Crippen LogP) is 5.03. The molecule has 2 aromatic rings. The average molecular weight is 449 g/mol. The van der Waals surface area contributed by atoms with E-state index in [1.165, 1.54) is 0 Å². The second kappa shape index (κ2) is 9.62. The van der Waals surface area contributed by atoms with Gasteiger partial charge in [-0.2, -0.15) is 5.26 Å². The maximum Gasteiger partial charge on any atom is 0.319 e. The van der Waals surface area contributed by atoms with E-state index in [4.69, 9.17) is 5.26 Å². The molecule has 0 unspecified atom stereocenters. The van der Waals surface area contributed by atoms with Crippen LogP contribution in [0.15, 0.2) is 42.5 Å². The molecule has 1 aliphatic heterocycles. The number of nitriles is 1. The highest BCUT2D eigenvalue weighted by Crippen LogP contribution is 2.37. The van der Waals surface area contributed by atoms with Crippen molar-refractivity contribution in [2.45, 2.75) is 57.2 Å². The molecule has 4 rings (SSSR count). The van der Waals surface area contributed by atoms with Gasteiger partial charge in [0.15, 0.2) is 0 Å². The largest absolute Gasteiger partial charge is 0.338 e. The van der Waals surface area contributed by atoms with Gasteiger partial charge in [-0.3, -0.25) is 4.79 Å². The number of carbonyl (C=O) groups is 2. The molecule has 1 heterocycles. The van der Waals surface area contributed by atoms with Crippen LogP contribution < -0.4 is 10.6 Å². The second-order valence-corrected chi connectivity index (χ2v) is 9.06. The lowest BCUT2D eigenvalue weighted by Crippen LogP contribution is -2.43. The Bertz CT molecular complexity index is 1060. The van der Waals surface area contributed by atoms with E-state index in [1.807, 2.05) is 19.1 Å². The van der Waals surface area contributed by atoms with E-state index in [0.717, 1.165) is 31.2 Å². The third kappa shape index (κ3) is 5.16. The summed E-state index contributed by atoms with van der Waals surface area (Å²) in [5, 5.41) is 14.8. The maximum atomic E-state index is 15.5. The van der Waals surface area contributed by atoms with Crippen LogP contribution in [-0.4, -0.2) is 36.0 Å². The van der Waals surface area contributed by atoms with Crippen LogP contribution in [-0.2, 0) is 5.67 Å². The monoisotopic (exact) mass is 448 g/mol.